The average Bonchev–Trinajstić information content (AvgIpc) is 2.74. The first kappa shape index (κ1) is 15.9. The largest absolute Gasteiger partial charge is 0.396 e. The molecule has 1 rings (SSSR count). The summed E-state index contributed by atoms with van der Waals surface area (Å²) in [6.07, 6.45) is 7.07. The number of hydrogen-bond acceptors (Lipinski definition) is 4. The van der Waals surface area contributed by atoms with Crippen molar-refractivity contribution < 1.29 is 13.5 Å². The molecule has 5 heteroatoms. The Morgan fingerprint density at radius 3 is 2.61 bits per heavy atom. The molecule has 1 aliphatic carbocycles. The summed E-state index contributed by atoms with van der Waals surface area (Å²) >= 11 is 0. The number of sulfone groups is 1. The Labute approximate surface area is 111 Å². The van der Waals surface area contributed by atoms with Gasteiger partial charge in [-0.05, 0) is 38.1 Å². The predicted molar refractivity (Wildman–Crippen MR) is 74.4 cm³/mol. The minimum atomic E-state index is -2.94. The lowest BCUT2D eigenvalue weighted by Crippen LogP contribution is -2.42. The molecule has 3 atom stereocenters. The van der Waals surface area contributed by atoms with Crippen molar-refractivity contribution >= 4 is 9.84 Å². The van der Waals surface area contributed by atoms with Gasteiger partial charge < -0.3 is 10.4 Å². The molecule has 108 valence electrons. The van der Waals surface area contributed by atoms with Crippen LogP contribution < -0.4 is 5.32 Å². The molecular formula is C13H27NO3S. The minimum Gasteiger partial charge on any atom is -0.396 e. The molecule has 3 unspecified atom stereocenters. The highest BCUT2D eigenvalue weighted by molar-refractivity contribution is 7.91. The molecule has 1 saturated carbocycles. The number of hydrogen-bond donors (Lipinski definition) is 2. The maximum Gasteiger partial charge on any atom is 0.151 e. The highest BCUT2D eigenvalue weighted by atomic mass is 32.2. The van der Waals surface area contributed by atoms with Crippen molar-refractivity contribution in [3.8, 4) is 0 Å². The van der Waals surface area contributed by atoms with Crippen LogP contribution in [0.15, 0.2) is 0 Å². The Morgan fingerprint density at radius 1 is 1.33 bits per heavy atom. The SMILES string of the molecule is CCCC(CCO)CNC1CCCC1S(C)(=O)=O. The summed E-state index contributed by atoms with van der Waals surface area (Å²) in [6, 6.07) is 0.109. The molecule has 0 spiro atoms. The maximum atomic E-state index is 11.7. The molecule has 1 aliphatic rings. The summed E-state index contributed by atoms with van der Waals surface area (Å²) in [6.45, 7) is 3.18. The van der Waals surface area contributed by atoms with E-state index in [9.17, 15) is 8.42 Å². The Bertz CT molecular complexity index is 323. The number of aliphatic hydroxyl groups is 1. The fourth-order valence-electron chi connectivity index (χ4n) is 2.93. The first-order valence-electron chi connectivity index (χ1n) is 7.02. The molecule has 2 N–H and O–H groups in total. The van der Waals surface area contributed by atoms with E-state index in [1.165, 1.54) is 6.26 Å². The van der Waals surface area contributed by atoms with Crippen LogP contribution >= 0.6 is 0 Å². The summed E-state index contributed by atoms with van der Waals surface area (Å²) in [7, 11) is -2.94. The van der Waals surface area contributed by atoms with Crippen molar-refractivity contribution in [2.75, 3.05) is 19.4 Å². The van der Waals surface area contributed by atoms with Gasteiger partial charge in [0.15, 0.2) is 9.84 Å². The van der Waals surface area contributed by atoms with Crippen LogP contribution in [0.5, 0.6) is 0 Å². The summed E-state index contributed by atoms with van der Waals surface area (Å²) < 4.78 is 23.3. The van der Waals surface area contributed by atoms with Crippen molar-refractivity contribution in [2.24, 2.45) is 5.92 Å². The summed E-state index contributed by atoms with van der Waals surface area (Å²) in [4.78, 5) is 0. The van der Waals surface area contributed by atoms with Crippen LogP contribution in [0, 0.1) is 5.92 Å². The van der Waals surface area contributed by atoms with Gasteiger partial charge in [0.1, 0.15) is 0 Å². The highest BCUT2D eigenvalue weighted by Gasteiger charge is 2.34. The molecule has 4 nitrogen and oxygen atoms in total. The zero-order chi connectivity index (χ0) is 13.6. The van der Waals surface area contributed by atoms with E-state index in [0.717, 1.165) is 45.1 Å². The molecule has 0 heterocycles. The first-order chi connectivity index (χ1) is 8.49. The van der Waals surface area contributed by atoms with Crippen LogP contribution in [0.2, 0.25) is 0 Å². The van der Waals surface area contributed by atoms with Crippen molar-refractivity contribution in [3.05, 3.63) is 0 Å². The highest BCUT2D eigenvalue weighted by Crippen LogP contribution is 2.25. The van der Waals surface area contributed by atoms with Gasteiger partial charge >= 0.3 is 0 Å². The van der Waals surface area contributed by atoms with E-state index in [4.69, 9.17) is 5.11 Å². The standard InChI is InChI=1S/C13H27NO3S/c1-3-5-11(8-9-15)10-14-12-6-4-7-13(12)18(2,16)17/h11-15H,3-10H2,1-2H3. The lowest BCUT2D eigenvalue weighted by atomic mass is 10.00. The van der Waals surface area contributed by atoms with E-state index < -0.39 is 9.84 Å². The van der Waals surface area contributed by atoms with Gasteiger partial charge in [0.05, 0.1) is 5.25 Å². The monoisotopic (exact) mass is 277 g/mol. The molecule has 0 aromatic carbocycles. The number of nitrogens with one attached hydrogen (secondary N) is 1. The second-order valence-corrected chi connectivity index (χ2v) is 7.75. The van der Waals surface area contributed by atoms with Crippen LogP contribution in [0.25, 0.3) is 0 Å². The second-order valence-electron chi connectivity index (χ2n) is 5.48. The summed E-state index contributed by atoms with van der Waals surface area (Å²) in [5.41, 5.74) is 0. The topological polar surface area (TPSA) is 66.4 Å². The van der Waals surface area contributed by atoms with Crippen LogP contribution in [-0.4, -0.2) is 44.2 Å². The first-order valence-corrected chi connectivity index (χ1v) is 8.97. The molecule has 0 radical (unpaired) electrons. The molecule has 0 aromatic rings. The minimum absolute atomic E-state index is 0.109. The molecule has 0 amide bonds. The Hall–Kier alpha value is -0.130. The Balaban J connectivity index is 2.46. The number of aliphatic hydroxyl groups excluding tert-OH is 1. The third-order valence-corrected chi connectivity index (χ3v) is 5.57. The molecule has 1 fully saturated rings. The van der Waals surface area contributed by atoms with E-state index in [1.807, 2.05) is 0 Å². The average molecular weight is 277 g/mol. The van der Waals surface area contributed by atoms with Crippen molar-refractivity contribution in [3.63, 3.8) is 0 Å². The Kier molecular flexibility index (Phi) is 6.60. The molecule has 0 aromatic heterocycles. The fourth-order valence-corrected chi connectivity index (χ4v) is 4.35. The molecular weight excluding hydrogens is 250 g/mol. The van der Waals surface area contributed by atoms with Gasteiger partial charge in [-0.15, -0.1) is 0 Å². The fraction of sp³-hybridized carbons (Fsp3) is 1.00. The zero-order valence-electron chi connectivity index (χ0n) is 11.6. The van der Waals surface area contributed by atoms with E-state index in [2.05, 4.69) is 12.2 Å². The third-order valence-electron chi connectivity index (χ3n) is 3.91. The van der Waals surface area contributed by atoms with E-state index in [1.54, 1.807) is 0 Å². The maximum absolute atomic E-state index is 11.7. The van der Waals surface area contributed by atoms with Crippen molar-refractivity contribution in [1.29, 1.82) is 0 Å². The Morgan fingerprint density at radius 2 is 2.06 bits per heavy atom. The van der Waals surface area contributed by atoms with Gasteiger partial charge in [0, 0.05) is 18.9 Å². The van der Waals surface area contributed by atoms with Crippen molar-refractivity contribution in [2.45, 2.75) is 56.7 Å². The van der Waals surface area contributed by atoms with Gasteiger partial charge in [0.25, 0.3) is 0 Å². The van der Waals surface area contributed by atoms with Crippen LogP contribution in [-0.2, 0) is 9.84 Å². The third kappa shape index (κ3) is 4.86. The van der Waals surface area contributed by atoms with Gasteiger partial charge in [-0.2, -0.15) is 0 Å². The van der Waals surface area contributed by atoms with Crippen LogP contribution in [0.4, 0.5) is 0 Å². The lowest BCUT2D eigenvalue weighted by Gasteiger charge is -2.23. The zero-order valence-corrected chi connectivity index (χ0v) is 12.4. The van der Waals surface area contributed by atoms with Gasteiger partial charge in [0.2, 0.25) is 0 Å². The van der Waals surface area contributed by atoms with E-state index in [0.29, 0.717) is 5.92 Å². The predicted octanol–water partition coefficient (Wildman–Crippen LogP) is 1.34. The smallest absolute Gasteiger partial charge is 0.151 e. The number of rotatable bonds is 8. The van der Waals surface area contributed by atoms with Crippen molar-refractivity contribution in [1.82, 2.24) is 5.32 Å². The van der Waals surface area contributed by atoms with Crippen LogP contribution in [0.3, 0.4) is 0 Å². The molecule has 0 bridgehead atoms. The molecule has 0 aliphatic heterocycles. The van der Waals surface area contributed by atoms with E-state index >= 15 is 0 Å². The summed E-state index contributed by atoms with van der Waals surface area (Å²) in [5.74, 6) is 0.459. The quantitative estimate of drug-likeness (QED) is 0.702. The van der Waals surface area contributed by atoms with E-state index in [-0.39, 0.29) is 17.9 Å². The van der Waals surface area contributed by atoms with Crippen LogP contribution in [0.1, 0.15) is 45.4 Å². The van der Waals surface area contributed by atoms with Gasteiger partial charge in [-0.1, -0.05) is 19.8 Å². The summed E-state index contributed by atoms with van der Waals surface area (Å²) in [5, 5.41) is 12.2. The lowest BCUT2D eigenvalue weighted by molar-refractivity contribution is 0.245. The van der Waals surface area contributed by atoms with Gasteiger partial charge in [-0.25, -0.2) is 8.42 Å². The molecule has 18 heavy (non-hydrogen) atoms. The normalized spacial score (nSPS) is 26.4. The van der Waals surface area contributed by atoms with Gasteiger partial charge in [-0.3, -0.25) is 0 Å². The second kappa shape index (κ2) is 7.46. The molecule has 0 saturated heterocycles.